The standard InChI is InChI=1S/C21H20F3NO4/c22-21(23,24)14-28-18-7-6-16(17-11-20(29-25-17)8-9-26-13-20)10-19(18)27-12-15-4-2-1-3-5-15/h1-7,10-11,25H,8-9,12-14H2. The van der Waals surface area contributed by atoms with Crippen molar-refractivity contribution >= 4 is 5.70 Å². The molecule has 154 valence electrons. The normalized spacial score (nSPS) is 21.1. The minimum Gasteiger partial charge on any atom is -0.485 e. The smallest absolute Gasteiger partial charge is 0.422 e. The second kappa shape index (κ2) is 7.96. The highest BCUT2D eigenvalue weighted by Gasteiger charge is 2.39. The highest BCUT2D eigenvalue weighted by molar-refractivity contribution is 5.68. The van der Waals surface area contributed by atoms with Crippen molar-refractivity contribution in [1.29, 1.82) is 0 Å². The first-order valence-electron chi connectivity index (χ1n) is 9.18. The maximum atomic E-state index is 12.6. The molecule has 0 saturated carbocycles. The van der Waals surface area contributed by atoms with Crippen molar-refractivity contribution in [1.82, 2.24) is 5.48 Å². The first kappa shape index (κ1) is 19.6. The van der Waals surface area contributed by atoms with Gasteiger partial charge in [0, 0.05) is 18.6 Å². The largest absolute Gasteiger partial charge is 0.485 e. The van der Waals surface area contributed by atoms with E-state index in [1.54, 1.807) is 12.1 Å². The number of halogens is 3. The number of benzene rings is 2. The van der Waals surface area contributed by atoms with Crippen LogP contribution in [0.1, 0.15) is 17.5 Å². The van der Waals surface area contributed by atoms with Crippen LogP contribution in [-0.4, -0.2) is 31.6 Å². The Morgan fingerprint density at radius 3 is 2.59 bits per heavy atom. The van der Waals surface area contributed by atoms with Crippen molar-refractivity contribution in [3.63, 3.8) is 0 Å². The van der Waals surface area contributed by atoms with Crippen LogP contribution in [0.3, 0.4) is 0 Å². The van der Waals surface area contributed by atoms with Crippen molar-refractivity contribution in [2.45, 2.75) is 24.8 Å². The number of hydroxylamine groups is 1. The predicted molar refractivity (Wildman–Crippen MR) is 99.1 cm³/mol. The van der Waals surface area contributed by atoms with Crippen LogP contribution in [-0.2, 0) is 16.2 Å². The molecule has 0 aromatic heterocycles. The molecule has 29 heavy (non-hydrogen) atoms. The third kappa shape index (κ3) is 4.83. The second-order valence-corrected chi connectivity index (χ2v) is 6.97. The van der Waals surface area contributed by atoms with E-state index in [-0.39, 0.29) is 18.1 Å². The summed E-state index contributed by atoms with van der Waals surface area (Å²) in [5.41, 5.74) is 4.70. The molecule has 0 amide bonds. The van der Waals surface area contributed by atoms with Crippen LogP contribution in [0.25, 0.3) is 5.70 Å². The van der Waals surface area contributed by atoms with Gasteiger partial charge in [-0.15, -0.1) is 0 Å². The maximum absolute atomic E-state index is 12.6. The van der Waals surface area contributed by atoms with Gasteiger partial charge in [0.1, 0.15) is 12.2 Å². The van der Waals surface area contributed by atoms with Gasteiger partial charge in [-0.1, -0.05) is 30.3 Å². The van der Waals surface area contributed by atoms with Gasteiger partial charge in [-0.05, 0) is 29.8 Å². The third-order valence-corrected chi connectivity index (χ3v) is 4.67. The summed E-state index contributed by atoms with van der Waals surface area (Å²) < 4.78 is 54.0. The van der Waals surface area contributed by atoms with Crippen molar-refractivity contribution in [2.75, 3.05) is 19.8 Å². The lowest BCUT2D eigenvalue weighted by Crippen LogP contribution is -2.29. The molecular formula is C21H20F3NO4. The predicted octanol–water partition coefficient (Wildman–Crippen LogP) is 4.24. The van der Waals surface area contributed by atoms with E-state index in [9.17, 15) is 13.2 Å². The van der Waals surface area contributed by atoms with E-state index in [0.717, 1.165) is 17.5 Å². The van der Waals surface area contributed by atoms with Crippen LogP contribution in [0, 0.1) is 0 Å². The van der Waals surface area contributed by atoms with E-state index >= 15 is 0 Å². The Kier molecular flexibility index (Phi) is 5.38. The minimum atomic E-state index is -4.44. The maximum Gasteiger partial charge on any atom is 0.422 e. The Morgan fingerprint density at radius 2 is 1.86 bits per heavy atom. The molecule has 5 nitrogen and oxygen atoms in total. The van der Waals surface area contributed by atoms with Gasteiger partial charge in [0.05, 0.1) is 12.3 Å². The summed E-state index contributed by atoms with van der Waals surface area (Å²) in [4.78, 5) is 5.67. The number of rotatable bonds is 6. The highest BCUT2D eigenvalue weighted by atomic mass is 19.4. The molecule has 2 aromatic carbocycles. The molecule has 2 aliphatic heterocycles. The highest BCUT2D eigenvalue weighted by Crippen LogP contribution is 2.36. The number of nitrogens with one attached hydrogen (secondary N) is 1. The van der Waals surface area contributed by atoms with Crippen molar-refractivity contribution in [3.8, 4) is 11.5 Å². The number of hydrogen-bond donors (Lipinski definition) is 1. The summed E-state index contributed by atoms with van der Waals surface area (Å²) in [6.07, 6.45) is -1.77. The summed E-state index contributed by atoms with van der Waals surface area (Å²) in [5, 5.41) is 0. The molecular weight excluding hydrogens is 387 g/mol. The Morgan fingerprint density at radius 1 is 1.03 bits per heavy atom. The molecule has 0 bridgehead atoms. The van der Waals surface area contributed by atoms with Gasteiger partial charge in [-0.3, -0.25) is 10.3 Å². The molecule has 0 aliphatic carbocycles. The van der Waals surface area contributed by atoms with Crippen LogP contribution < -0.4 is 15.0 Å². The van der Waals surface area contributed by atoms with E-state index in [1.807, 2.05) is 36.4 Å². The number of alkyl halides is 3. The molecule has 0 radical (unpaired) electrons. The first-order valence-corrected chi connectivity index (χ1v) is 9.18. The second-order valence-electron chi connectivity index (χ2n) is 6.97. The first-order chi connectivity index (χ1) is 13.9. The average Bonchev–Trinajstić information content (AvgIpc) is 3.35. The Hall–Kier alpha value is -2.71. The third-order valence-electron chi connectivity index (χ3n) is 4.67. The molecule has 1 atom stereocenters. The van der Waals surface area contributed by atoms with Crippen molar-refractivity contribution in [2.24, 2.45) is 0 Å². The monoisotopic (exact) mass is 407 g/mol. The topological polar surface area (TPSA) is 49.0 Å². The summed E-state index contributed by atoms with van der Waals surface area (Å²) in [6.45, 7) is -0.124. The molecule has 1 spiro atoms. The molecule has 2 heterocycles. The van der Waals surface area contributed by atoms with Gasteiger partial charge in [-0.25, -0.2) is 0 Å². The zero-order valence-corrected chi connectivity index (χ0v) is 15.5. The molecule has 1 fully saturated rings. The summed E-state index contributed by atoms with van der Waals surface area (Å²) in [5.74, 6) is 0.252. The van der Waals surface area contributed by atoms with Gasteiger partial charge in [0.25, 0.3) is 0 Å². The van der Waals surface area contributed by atoms with Gasteiger partial charge in [-0.2, -0.15) is 13.2 Å². The molecule has 4 rings (SSSR count). The lowest BCUT2D eigenvalue weighted by molar-refractivity contribution is -0.153. The van der Waals surface area contributed by atoms with Crippen LogP contribution in [0.2, 0.25) is 0 Å². The van der Waals surface area contributed by atoms with Crippen LogP contribution in [0.4, 0.5) is 13.2 Å². The fourth-order valence-corrected chi connectivity index (χ4v) is 3.18. The molecule has 8 heteroatoms. The van der Waals surface area contributed by atoms with E-state index in [0.29, 0.717) is 18.9 Å². The zero-order valence-electron chi connectivity index (χ0n) is 15.5. The van der Waals surface area contributed by atoms with Crippen molar-refractivity contribution < 1.29 is 32.2 Å². The van der Waals surface area contributed by atoms with Crippen LogP contribution >= 0.6 is 0 Å². The Bertz CT molecular complexity index is 877. The van der Waals surface area contributed by atoms with Gasteiger partial charge in [0.15, 0.2) is 18.1 Å². The summed E-state index contributed by atoms with van der Waals surface area (Å²) in [6, 6.07) is 14.1. The fraction of sp³-hybridized carbons (Fsp3) is 0.333. The minimum absolute atomic E-state index is 0.0282. The van der Waals surface area contributed by atoms with E-state index in [1.165, 1.54) is 6.07 Å². The van der Waals surface area contributed by atoms with Gasteiger partial charge < -0.3 is 14.2 Å². The van der Waals surface area contributed by atoms with Crippen LogP contribution in [0.15, 0.2) is 54.6 Å². The summed E-state index contributed by atoms with van der Waals surface area (Å²) in [7, 11) is 0. The average molecular weight is 407 g/mol. The van der Waals surface area contributed by atoms with Gasteiger partial charge >= 0.3 is 6.18 Å². The molecule has 2 aromatic rings. The van der Waals surface area contributed by atoms with Gasteiger partial charge in [0.2, 0.25) is 0 Å². The molecule has 1 N–H and O–H groups in total. The molecule has 2 aliphatic rings. The Labute approximate surface area is 166 Å². The molecule has 1 unspecified atom stereocenters. The quantitative estimate of drug-likeness (QED) is 0.776. The SMILES string of the molecule is FC(F)(F)COc1ccc(C2=CC3(CCOC3)ON2)cc1OCc1ccccc1. The Balaban J connectivity index is 1.57. The lowest BCUT2D eigenvalue weighted by Gasteiger charge is -2.16. The van der Waals surface area contributed by atoms with E-state index in [4.69, 9.17) is 19.0 Å². The fourth-order valence-electron chi connectivity index (χ4n) is 3.18. The number of hydrogen-bond acceptors (Lipinski definition) is 5. The number of ether oxygens (including phenoxy) is 3. The zero-order chi connectivity index (χ0) is 20.3. The van der Waals surface area contributed by atoms with Crippen LogP contribution in [0.5, 0.6) is 11.5 Å². The lowest BCUT2D eigenvalue weighted by atomic mass is 10.0. The van der Waals surface area contributed by atoms with E-state index in [2.05, 4.69) is 5.48 Å². The summed E-state index contributed by atoms with van der Waals surface area (Å²) >= 11 is 0. The van der Waals surface area contributed by atoms with E-state index < -0.39 is 18.4 Å². The molecule has 1 saturated heterocycles. The van der Waals surface area contributed by atoms with Crippen molar-refractivity contribution in [3.05, 3.63) is 65.7 Å².